The number of fused-ring (bicyclic) bond motifs is 3. The van der Waals surface area contributed by atoms with E-state index in [2.05, 4.69) is 29.1 Å². The van der Waals surface area contributed by atoms with Crippen LogP contribution in [0.15, 0.2) is 35.1 Å². The number of likely N-dealkylation sites (tertiary alicyclic amines) is 1. The summed E-state index contributed by atoms with van der Waals surface area (Å²) >= 11 is 0. The number of piperidine rings is 1. The number of carbonyl (C=O) groups excluding carboxylic acids is 1. The van der Waals surface area contributed by atoms with Gasteiger partial charge in [0.2, 0.25) is 0 Å². The highest BCUT2D eigenvalue weighted by Gasteiger charge is 2.26. The van der Waals surface area contributed by atoms with Crippen molar-refractivity contribution in [3.05, 3.63) is 46.4 Å². The van der Waals surface area contributed by atoms with Crippen molar-refractivity contribution < 1.29 is 4.79 Å². The summed E-state index contributed by atoms with van der Waals surface area (Å²) in [5, 5.41) is 5.05. The van der Waals surface area contributed by atoms with Crippen LogP contribution >= 0.6 is 0 Å². The van der Waals surface area contributed by atoms with Gasteiger partial charge in [0.1, 0.15) is 5.65 Å². The van der Waals surface area contributed by atoms with Gasteiger partial charge >= 0.3 is 0 Å². The first kappa shape index (κ1) is 16.8. The molecule has 1 aromatic carbocycles. The lowest BCUT2D eigenvalue weighted by Crippen LogP contribution is -2.42. The molecule has 7 heteroatoms. The molecule has 4 rings (SSSR count). The molecule has 1 N–H and O–H groups in total. The number of H-pyrrole nitrogens is 1. The number of nitrogens with zero attached hydrogens (tertiary/aromatic N) is 4. The van der Waals surface area contributed by atoms with E-state index in [4.69, 9.17) is 0 Å². The number of para-hydroxylation sites is 1. The first-order valence-corrected chi connectivity index (χ1v) is 8.98. The van der Waals surface area contributed by atoms with Crippen molar-refractivity contribution in [3.8, 4) is 0 Å². The van der Waals surface area contributed by atoms with E-state index in [1.165, 1.54) is 0 Å². The van der Waals surface area contributed by atoms with Crippen LogP contribution in [-0.2, 0) is 0 Å². The SMILES string of the molecule is CN(C)CC1CCCN(C(=O)c2cc3[nH]c(=O)c4ccccc4n3n2)C1. The highest BCUT2D eigenvalue weighted by Crippen LogP contribution is 2.20. The van der Waals surface area contributed by atoms with Crippen LogP contribution in [0, 0.1) is 5.92 Å². The molecular weight excluding hydrogens is 330 g/mol. The summed E-state index contributed by atoms with van der Waals surface area (Å²) in [5.41, 5.74) is 1.45. The number of amides is 1. The van der Waals surface area contributed by atoms with Crippen LogP contribution in [0.3, 0.4) is 0 Å². The third-order valence-corrected chi connectivity index (χ3v) is 4.98. The fourth-order valence-electron chi connectivity index (χ4n) is 3.87. The molecule has 1 atom stereocenters. The maximum absolute atomic E-state index is 13.0. The third-order valence-electron chi connectivity index (χ3n) is 4.98. The lowest BCUT2D eigenvalue weighted by molar-refractivity contribution is 0.0648. The van der Waals surface area contributed by atoms with Gasteiger partial charge < -0.3 is 14.8 Å². The first-order valence-electron chi connectivity index (χ1n) is 8.98. The van der Waals surface area contributed by atoms with E-state index in [-0.39, 0.29) is 11.5 Å². The highest BCUT2D eigenvalue weighted by atomic mass is 16.2. The molecule has 1 fully saturated rings. The average molecular weight is 353 g/mol. The van der Waals surface area contributed by atoms with Crippen molar-refractivity contribution in [1.82, 2.24) is 24.4 Å². The van der Waals surface area contributed by atoms with E-state index in [1.807, 2.05) is 23.1 Å². The quantitative estimate of drug-likeness (QED) is 0.776. The van der Waals surface area contributed by atoms with E-state index in [9.17, 15) is 9.59 Å². The summed E-state index contributed by atoms with van der Waals surface area (Å²) in [5.74, 6) is 0.419. The predicted molar refractivity (Wildman–Crippen MR) is 101 cm³/mol. The molecule has 0 spiro atoms. The maximum atomic E-state index is 13.0. The molecule has 3 heterocycles. The molecule has 7 nitrogen and oxygen atoms in total. The zero-order chi connectivity index (χ0) is 18.3. The monoisotopic (exact) mass is 353 g/mol. The molecule has 0 bridgehead atoms. The van der Waals surface area contributed by atoms with Crippen molar-refractivity contribution in [2.24, 2.45) is 5.92 Å². The molecule has 2 aromatic heterocycles. The van der Waals surface area contributed by atoms with Crippen LogP contribution in [-0.4, -0.2) is 64.0 Å². The Morgan fingerprint density at radius 1 is 1.35 bits per heavy atom. The number of aromatic amines is 1. The Bertz CT molecular complexity index is 1020. The molecular formula is C19H23N5O2. The summed E-state index contributed by atoms with van der Waals surface area (Å²) in [6.07, 6.45) is 2.16. The van der Waals surface area contributed by atoms with Crippen molar-refractivity contribution >= 4 is 22.5 Å². The minimum absolute atomic E-state index is 0.0675. The molecule has 1 aliphatic rings. The van der Waals surface area contributed by atoms with E-state index in [0.29, 0.717) is 28.2 Å². The van der Waals surface area contributed by atoms with Crippen molar-refractivity contribution in [3.63, 3.8) is 0 Å². The molecule has 1 unspecified atom stereocenters. The molecule has 0 radical (unpaired) electrons. The van der Waals surface area contributed by atoms with Gasteiger partial charge in [0.05, 0.1) is 10.9 Å². The zero-order valence-corrected chi connectivity index (χ0v) is 15.1. The second-order valence-electron chi connectivity index (χ2n) is 7.32. The van der Waals surface area contributed by atoms with Crippen LogP contribution in [0.2, 0.25) is 0 Å². The summed E-state index contributed by atoms with van der Waals surface area (Å²) in [6.45, 7) is 2.49. The van der Waals surface area contributed by atoms with Gasteiger partial charge in [0, 0.05) is 25.7 Å². The molecule has 26 heavy (non-hydrogen) atoms. The van der Waals surface area contributed by atoms with Crippen molar-refractivity contribution in [1.29, 1.82) is 0 Å². The Morgan fingerprint density at radius 3 is 2.96 bits per heavy atom. The number of benzene rings is 1. The fraction of sp³-hybridized carbons (Fsp3) is 0.421. The molecule has 136 valence electrons. The maximum Gasteiger partial charge on any atom is 0.274 e. The van der Waals surface area contributed by atoms with Gasteiger partial charge in [-0.15, -0.1) is 0 Å². The number of aromatic nitrogens is 3. The van der Waals surface area contributed by atoms with Gasteiger partial charge in [-0.3, -0.25) is 9.59 Å². The first-order chi connectivity index (χ1) is 12.5. The van der Waals surface area contributed by atoms with Crippen LogP contribution in [0.25, 0.3) is 16.6 Å². The number of rotatable bonds is 3. The van der Waals surface area contributed by atoms with Crippen LogP contribution < -0.4 is 5.56 Å². The van der Waals surface area contributed by atoms with Gasteiger partial charge in [0.15, 0.2) is 5.69 Å². The lowest BCUT2D eigenvalue weighted by atomic mass is 9.97. The number of nitrogens with one attached hydrogen (secondary N) is 1. The second kappa shape index (κ2) is 6.57. The van der Waals surface area contributed by atoms with Gasteiger partial charge in [-0.2, -0.15) is 5.10 Å². The summed E-state index contributed by atoms with van der Waals surface area (Å²) in [6, 6.07) is 8.95. The number of hydrogen-bond acceptors (Lipinski definition) is 4. The van der Waals surface area contributed by atoms with Crippen molar-refractivity contribution in [2.45, 2.75) is 12.8 Å². The normalized spacial score (nSPS) is 18.1. The van der Waals surface area contributed by atoms with Gasteiger partial charge in [-0.25, -0.2) is 4.52 Å². The Labute approximate surface area is 151 Å². The molecule has 0 saturated carbocycles. The Morgan fingerprint density at radius 2 is 2.15 bits per heavy atom. The summed E-state index contributed by atoms with van der Waals surface area (Å²) < 4.78 is 1.64. The fourth-order valence-corrected chi connectivity index (χ4v) is 3.87. The standard InChI is InChI=1S/C19H23N5O2/c1-22(2)11-13-6-5-9-23(12-13)19(26)15-10-17-20-18(25)14-7-3-4-8-16(14)24(17)21-15/h3-4,7-8,10,13H,5-6,9,11-12H2,1-2H3,(H,20,25). The minimum atomic E-state index is -0.170. The van der Waals surface area contributed by atoms with Gasteiger partial charge in [0.25, 0.3) is 11.5 Å². The highest BCUT2D eigenvalue weighted by molar-refractivity contribution is 5.94. The van der Waals surface area contributed by atoms with E-state index in [1.54, 1.807) is 16.6 Å². The summed E-state index contributed by atoms with van der Waals surface area (Å²) in [4.78, 5) is 32.1. The van der Waals surface area contributed by atoms with E-state index in [0.717, 1.165) is 32.5 Å². The Balaban J connectivity index is 1.67. The number of carbonyl (C=O) groups is 1. The molecule has 1 saturated heterocycles. The second-order valence-corrected chi connectivity index (χ2v) is 7.32. The van der Waals surface area contributed by atoms with Gasteiger partial charge in [-0.1, -0.05) is 12.1 Å². The lowest BCUT2D eigenvalue weighted by Gasteiger charge is -2.33. The molecule has 1 amide bonds. The zero-order valence-electron chi connectivity index (χ0n) is 15.1. The topological polar surface area (TPSA) is 73.7 Å². The average Bonchev–Trinajstić information content (AvgIpc) is 3.05. The van der Waals surface area contributed by atoms with Crippen LogP contribution in [0.5, 0.6) is 0 Å². The molecule has 0 aliphatic carbocycles. The molecule has 3 aromatic rings. The van der Waals surface area contributed by atoms with Gasteiger partial charge in [-0.05, 0) is 45.0 Å². The predicted octanol–water partition coefficient (Wildman–Crippen LogP) is 1.59. The van der Waals surface area contributed by atoms with Crippen LogP contribution in [0.1, 0.15) is 23.3 Å². The van der Waals surface area contributed by atoms with Crippen LogP contribution in [0.4, 0.5) is 0 Å². The van der Waals surface area contributed by atoms with E-state index >= 15 is 0 Å². The van der Waals surface area contributed by atoms with Crippen molar-refractivity contribution in [2.75, 3.05) is 33.7 Å². The number of hydrogen-bond donors (Lipinski definition) is 1. The third kappa shape index (κ3) is 2.99. The smallest absolute Gasteiger partial charge is 0.274 e. The molecule has 1 aliphatic heterocycles. The van der Waals surface area contributed by atoms with E-state index < -0.39 is 0 Å². The Kier molecular flexibility index (Phi) is 4.24. The minimum Gasteiger partial charge on any atom is -0.337 e. The Hall–Kier alpha value is -2.67. The largest absolute Gasteiger partial charge is 0.337 e. The summed E-state index contributed by atoms with van der Waals surface area (Å²) in [7, 11) is 4.12.